The number of aromatic nitrogens is 2. The zero-order chi connectivity index (χ0) is 14.3. The predicted molar refractivity (Wildman–Crippen MR) is 83.4 cm³/mol. The smallest absolute Gasteiger partial charge is 0.259 e. The van der Waals surface area contributed by atoms with Gasteiger partial charge >= 0.3 is 0 Å². The average Bonchev–Trinajstić information content (AvgIpc) is 2.68. The molecule has 2 aromatic rings. The second kappa shape index (κ2) is 5.30. The van der Waals surface area contributed by atoms with E-state index in [9.17, 15) is 4.79 Å². The van der Waals surface area contributed by atoms with E-state index in [0.717, 1.165) is 34.7 Å². The third kappa shape index (κ3) is 2.40. The van der Waals surface area contributed by atoms with Crippen LogP contribution in [-0.4, -0.2) is 27.5 Å². The van der Waals surface area contributed by atoms with Gasteiger partial charge in [-0.25, -0.2) is 4.98 Å². The van der Waals surface area contributed by atoms with Gasteiger partial charge in [-0.1, -0.05) is 6.42 Å². The third-order valence-electron chi connectivity index (χ3n) is 4.38. The standard InChI is InChI=1S/C15H21N3OS/c1-9-6-4-5-7-18(9)8-12-16-14(19)13-10(2)11(3)20-15(13)17-12/h9H,4-8H2,1-3H3,(H,16,17,19). The average molecular weight is 291 g/mol. The lowest BCUT2D eigenvalue weighted by Crippen LogP contribution is -2.37. The lowest BCUT2D eigenvalue weighted by molar-refractivity contribution is 0.149. The molecule has 108 valence electrons. The molecular formula is C15H21N3OS. The van der Waals surface area contributed by atoms with Gasteiger partial charge in [0.1, 0.15) is 10.7 Å². The number of fused-ring (bicyclic) bond motifs is 1. The van der Waals surface area contributed by atoms with Gasteiger partial charge in [0, 0.05) is 10.9 Å². The monoisotopic (exact) mass is 291 g/mol. The lowest BCUT2D eigenvalue weighted by atomic mass is 10.0. The summed E-state index contributed by atoms with van der Waals surface area (Å²) in [5.74, 6) is 0.803. The van der Waals surface area contributed by atoms with E-state index < -0.39 is 0 Å². The second-order valence-electron chi connectivity index (χ2n) is 5.79. The van der Waals surface area contributed by atoms with Crippen LogP contribution in [0.1, 0.15) is 42.5 Å². The maximum atomic E-state index is 12.2. The highest BCUT2D eigenvalue weighted by Crippen LogP contribution is 2.26. The number of H-pyrrole nitrogens is 1. The first-order valence-electron chi connectivity index (χ1n) is 7.29. The zero-order valence-corrected chi connectivity index (χ0v) is 13.1. The molecule has 2 aromatic heterocycles. The molecule has 0 amide bonds. The van der Waals surface area contributed by atoms with Crippen LogP contribution in [-0.2, 0) is 6.54 Å². The predicted octanol–water partition coefficient (Wildman–Crippen LogP) is 2.98. The van der Waals surface area contributed by atoms with E-state index >= 15 is 0 Å². The number of aromatic amines is 1. The Morgan fingerprint density at radius 3 is 2.95 bits per heavy atom. The molecule has 20 heavy (non-hydrogen) atoms. The summed E-state index contributed by atoms with van der Waals surface area (Å²) in [4.78, 5) is 24.4. The van der Waals surface area contributed by atoms with E-state index in [4.69, 9.17) is 0 Å². The summed E-state index contributed by atoms with van der Waals surface area (Å²) < 4.78 is 0. The third-order valence-corrected chi connectivity index (χ3v) is 5.48. The number of hydrogen-bond acceptors (Lipinski definition) is 4. The minimum Gasteiger partial charge on any atom is -0.309 e. The summed E-state index contributed by atoms with van der Waals surface area (Å²) in [6.45, 7) is 8.16. The Balaban J connectivity index is 1.94. The van der Waals surface area contributed by atoms with Gasteiger partial charge < -0.3 is 4.98 Å². The highest BCUT2D eigenvalue weighted by atomic mass is 32.1. The van der Waals surface area contributed by atoms with E-state index in [-0.39, 0.29) is 5.56 Å². The van der Waals surface area contributed by atoms with Crippen LogP contribution in [0.15, 0.2) is 4.79 Å². The molecule has 0 aliphatic carbocycles. The minimum absolute atomic E-state index is 0.0107. The number of hydrogen-bond donors (Lipinski definition) is 1. The van der Waals surface area contributed by atoms with Crippen LogP contribution < -0.4 is 5.56 Å². The Bertz CT molecular complexity index is 688. The van der Waals surface area contributed by atoms with Crippen molar-refractivity contribution in [1.82, 2.24) is 14.9 Å². The topological polar surface area (TPSA) is 49.0 Å². The Morgan fingerprint density at radius 2 is 2.20 bits per heavy atom. The molecule has 0 radical (unpaired) electrons. The summed E-state index contributed by atoms with van der Waals surface area (Å²) in [6, 6.07) is 0.580. The van der Waals surface area contributed by atoms with Crippen LogP contribution in [0, 0.1) is 13.8 Å². The lowest BCUT2D eigenvalue weighted by Gasteiger charge is -2.32. The first-order chi connectivity index (χ1) is 9.56. The molecule has 0 spiro atoms. The Kier molecular flexibility index (Phi) is 3.65. The molecule has 0 aromatic carbocycles. The quantitative estimate of drug-likeness (QED) is 0.925. The van der Waals surface area contributed by atoms with Crippen LogP contribution >= 0.6 is 11.3 Å². The summed E-state index contributed by atoms with van der Waals surface area (Å²) in [7, 11) is 0. The number of thiophene rings is 1. The minimum atomic E-state index is 0.0107. The fraction of sp³-hybridized carbons (Fsp3) is 0.600. The van der Waals surface area contributed by atoms with Crippen LogP contribution in [0.5, 0.6) is 0 Å². The fourth-order valence-corrected chi connectivity index (χ4v) is 4.01. The molecule has 0 bridgehead atoms. The first kappa shape index (κ1) is 13.8. The largest absolute Gasteiger partial charge is 0.309 e. The molecule has 1 N–H and O–H groups in total. The van der Waals surface area contributed by atoms with Crippen molar-refractivity contribution in [3.05, 3.63) is 26.6 Å². The highest BCUT2D eigenvalue weighted by molar-refractivity contribution is 7.18. The van der Waals surface area contributed by atoms with E-state index in [2.05, 4.69) is 21.8 Å². The number of nitrogens with one attached hydrogen (secondary N) is 1. The van der Waals surface area contributed by atoms with E-state index in [1.54, 1.807) is 11.3 Å². The van der Waals surface area contributed by atoms with Gasteiger partial charge in [0.05, 0.1) is 11.9 Å². The molecule has 4 nitrogen and oxygen atoms in total. The Labute approximate surface area is 122 Å². The molecule has 3 rings (SSSR count). The van der Waals surface area contributed by atoms with Gasteiger partial charge in [-0.15, -0.1) is 11.3 Å². The fourth-order valence-electron chi connectivity index (χ4n) is 2.96. The molecule has 0 saturated carbocycles. The van der Waals surface area contributed by atoms with Crippen molar-refractivity contribution in [2.45, 2.75) is 52.6 Å². The normalized spacial score (nSPS) is 20.6. The number of rotatable bonds is 2. The first-order valence-corrected chi connectivity index (χ1v) is 8.11. The van der Waals surface area contributed by atoms with Crippen molar-refractivity contribution < 1.29 is 0 Å². The van der Waals surface area contributed by atoms with Crippen molar-refractivity contribution in [3.63, 3.8) is 0 Å². The van der Waals surface area contributed by atoms with Crippen LogP contribution in [0.2, 0.25) is 0 Å². The molecule has 1 aliphatic heterocycles. The van der Waals surface area contributed by atoms with Crippen LogP contribution in [0.25, 0.3) is 10.2 Å². The van der Waals surface area contributed by atoms with Gasteiger partial charge in [-0.05, 0) is 45.7 Å². The van der Waals surface area contributed by atoms with Gasteiger partial charge in [0.2, 0.25) is 0 Å². The van der Waals surface area contributed by atoms with Crippen molar-refractivity contribution in [3.8, 4) is 0 Å². The van der Waals surface area contributed by atoms with Gasteiger partial charge in [-0.2, -0.15) is 0 Å². The molecule has 1 fully saturated rings. The zero-order valence-electron chi connectivity index (χ0n) is 12.3. The van der Waals surface area contributed by atoms with Crippen molar-refractivity contribution in [1.29, 1.82) is 0 Å². The van der Waals surface area contributed by atoms with E-state index in [0.29, 0.717) is 6.04 Å². The van der Waals surface area contributed by atoms with Crippen molar-refractivity contribution >= 4 is 21.6 Å². The maximum absolute atomic E-state index is 12.2. The van der Waals surface area contributed by atoms with Gasteiger partial charge in [0.15, 0.2) is 0 Å². The van der Waals surface area contributed by atoms with Crippen LogP contribution in [0.3, 0.4) is 0 Å². The van der Waals surface area contributed by atoms with E-state index in [1.165, 1.54) is 24.1 Å². The number of nitrogens with zero attached hydrogens (tertiary/aromatic N) is 2. The van der Waals surface area contributed by atoms with Crippen molar-refractivity contribution in [2.24, 2.45) is 0 Å². The SMILES string of the molecule is Cc1sc2nc(CN3CCCCC3C)[nH]c(=O)c2c1C. The van der Waals surface area contributed by atoms with Crippen LogP contribution in [0.4, 0.5) is 0 Å². The van der Waals surface area contributed by atoms with E-state index in [1.807, 2.05) is 13.8 Å². The summed E-state index contributed by atoms with van der Waals surface area (Å²) in [5.41, 5.74) is 1.08. The molecule has 1 unspecified atom stereocenters. The number of likely N-dealkylation sites (tertiary alicyclic amines) is 1. The molecule has 3 heterocycles. The second-order valence-corrected chi connectivity index (χ2v) is 6.99. The molecule has 1 aliphatic rings. The maximum Gasteiger partial charge on any atom is 0.259 e. The summed E-state index contributed by atoms with van der Waals surface area (Å²) >= 11 is 1.62. The molecule has 5 heteroatoms. The van der Waals surface area contributed by atoms with Crippen molar-refractivity contribution in [2.75, 3.05) is 6.54 Å². The Morgan fingerprint density at radius 1 is 1.40 bits per heavy atom. The van der Waals surface area contributed by atoms with Gasteiger partial charge in [0.25, 0.3) is 5.56 Å². The molecule has 1 atom stereocenters. The summed E-state index contributed by atoms with van der Waals surface area (Å²) in [6.07, 6.45) is 3.79. The molecule has 1 saturated heterocycles. The number of aryl methyl sites for hydroxylation is 2. The Hall–Kier alpha value is -1.20. The summed E-state index contributed by atoms with van der Waals surface area (Å²) in [5, 5.41) is 0.767. The van der Waals surface area contributed by atoms with Gasteiger partial charge in [-0.3, -0.25) is 9.69 Å². The molecular weight excluding hydrogens is 270 g/mol. The highest BCUT2D eigenvalue weighted by Gasteiger charge is 2.20. The number of piperidine rings is 1.